The second-order valence-electron chi connectivity index (χ2n) is 6.42. The van der Waals surface area contributed by atoms with Gasteiger partial charge in [-0.25, -0.2) is 0 Å². The number of hydrogen-bond acceptors (Lipinski definition) is 4. The summed E-state index contributed by atoms with van der Waals surface area (Å²) in [4.78, 5) is 25.5. The minimum absolute atomic E-state index is 0.0757. The van der Waals surface area contributed by atoms with E-state index < -0.39 is 0 Å². The van der Waals surface area contributed by atoms with Crippen molar-refractivity contribution >= 4 is 35.0 Å². The third-order valence-corrected chi connectivity index (χ3v) is 5.11. The molecule has 148 valence electrons. The SMILES string of the molecule is COc1ccc(C(=O)Nc2cccc(SCC(=O)Nc3cccc(C)c3)c2)cc1. The number of thioether (sulfide) groups is 1. The van der Waals surface area contributed by atoms with Crippen molar-refractivity contribution in [1.82, 2.24) is 0 Å². The highest BCUT2D eigenvalue weighted by molar-refractivity contribution is 8.00. The van der Waals surface area contributed by atoms with E-state index in [1.54, 1.807) is 31.4 Å². The van der Waals surface area contributed by atoms with Crippen LogP contribution in [0.25, 0.3) is 0 Å². The van der Waals surface area contributed by atoms with Gasteiger partial charge in [0, 0.05) is 21.8 Å². The van der Waals surface area contributed by atoms with Gasteiger partial charge in [-0.15, -0.1) is 11.8 Å². The third kappa shape index (κ3) is 6.12. The second-order valence-corrected chi connectivity index (χ2v) is 7.47. The van der Waals surface area contributed by atoms with E-state index in [4.69, 9.17) is 4.74 Å². The van der Waals surface area contributed by atoms with Gasteiger partial charge in [-0.2, -0.15) is 0 Å². The number of rotatable bonds is 7. The van der Waals surface area contributed by atoms with E-state index in [2.05, 4.69) is 10.6 Å². The first kappa shape index (κ1) is 20.5. The zero-order valence-corrected chi connectivity index (χ0v) is 17.1. The molecule has 0 fully saturated rings. The van der Waals surface area contributed by atoms with Crippen molar-refractivity contribution in [2.75, 3.05) is 23.5 Å². The van der Waals surface area contributed by atoms with Gasteiger partial charge >= 0.3 is 0 Å². The van der Waals surface area contributed by atoms with E-state index in [1.807, 2.05) is 55.5 Å². The molecule has 0 radical (unpaired) electrons. The Labute approximate surface area is 174 Å². The monoisotopic (exact) mass is 406 g/mol. The summed E-state index contributed by atoms with van der Waals surface area (Å²) in [6.07, 6.45) is 0. The molecule has 3 aromatic rings. The Bertz CT molecular complexity index is 1000. The van der Waals surface area contributed by atoms with Crippen LogP contribution in [0.15, 0.2) is 77.7 Å². The van der Waals surface area contributed by atoms with Crippen LogP contribution in [-0.2, 0) is 4.79 Å². The standard InChI is InChI=1S/C23H22N2O3S/c1-16-5-3-6-18(13-16)24-22(26)15-29-21-8-4-7-19(14-21)25-23(27)17-9-11-20(28-2)12-10-17/h3-14H,15H2,1-2H3,(H,24,26)(H,25,27). The highest BCUT2D eigenvalue weighted by Gasteiger charge is 2.08. The van der Waals surface area contributed by atoms with Crippen LogP contribution in [0.3, 0.4) is 0 Å². The number of carbonyl (C=O) groups is 2. The lowest BCUT2D eigenvalue weighted by atomic mass is 10.2. The Morgan fingerprint density at radius 1 is 0.897 bits per heavy atom. The minimum atomic E-state index is -0.202. The van der Waals surface area contributed by atoms with Crippen LogP contribution in [0, 0.1) is 6.92 Å². The Balaban J connectivity index is 1.56. The smallest absolute Gasteiger partial charge is 0.255 e. The van der Waals surface area contributed by atoms with Crippen molar-refractivity contribution in [3.8, 4) is 5.75 Å². The van der Waals surface area contributed by atoms with Gasteiger partial charge in [0.1, 0.15) is 5.75 Å². The van der Waals surface area contributed by atoms with Crippen LogP contribution in [-0.4, -0.2) is 24.7 Å². The molecule has 0 heterocycles. The molecule has 5 nitrogen and oxygen atoms in total. The number of methoxy groups -OCH3 is 1. The summed E-state index contributed by atoms with van der Waals surface area (Å²) in [5.41, 5.74) is 3.10. The van der Waals surface area contributed by atoms with Gasteiger partial charge in [0.05, 0.1) is 12.9 Å². The summed E-state index contributed by atoms with van der Waals surface area (Å²) in [6.45, 7) is 1.98. The van der Waals surface area contributed by atoms with Gasteiger partial charge in [0.2, 0.25) is 5.91 Å². The average molecular weight is 407 g/mol. The molecule has 0 unspecified atom stereocenters. The van der Waals surface area contributed by atoms with E-state index in [0.717, 1.165) is 16.1 Å². The predicted molar refractivity (Wildman–Crippen MR) is 118 cm³/mol. The number of anilines is 2. The van der Waals surface area contributed by atoms with Gasteiger partial charge in [0.15, 0.2) is 0 Å². The molecular formula is C23H22N2O3S. The van der Waals surface area contributed by atoms with Crippen LogP contribution in [0.2, 0.25) is 0 Å². The number of nitrogens with one attached hydrogen (secondary N) is 2. The van der Waals surface area contributed by atoms with Crippen molar-refractivity contribution in [3.63, 3.8) is 0 Å². The molecule has 6 heteroatoms. The highest BCUT2D eigenvalue weighted by atomic mass is 32.2. The summed E-state index contributed by atoms with van der Waals surface area (Å²) in [5.74, 6) is 0.702. The quantitative estimate of drug-likeness (QED) is 0.543. The maximum Gasteiger partial charge on any atom is 0.255 e. The maximum absolute atomic E-state index is 12.4. The molecule has 3 rings (SSSR count). The summed E-state index contributed by atoms with van der Waals surface area (Å²) in [5, 5.41) is 5.77. The molecule has 0 saturated heterocycles. The fourth-order valence-electron chi connectivity index (χ4n) is 2.68. The van der Waals surface area contributed by atoms with Crippen molar-refractivity contribution in [2.45, 2.75) is 11.8 Å². The summed E-state index contributed by atoms with van der Waals surface area (Å²) in [7, 11) is 1.58. The predicted octanol–water partition coefficient (Wildman–Crippen LogP) is 4.99. The molecule has 0 spiro atoms. The number of hydrogen-bond donors (Lipinski definition) is 2. The molecule has 2 amide bonds. The van der Waals surface area contributed by atoms with Gasteiger partial charge in [-0.3, -0.25) is 9.59 Å². The summed E-state index contributed by atoms with van der Waals surface area (Å²) < 4.78 is 5.11. The van der Waals surface area contributed by atoms with Gasteiger partial charge in [0.25, 0.3) is 5.91 Å². The van der Waals surface area contributed by atoms with E-state index in [0.29, 0.717) is 17.0 Å². The Hall–Kier alpha value is -3.25. The second kappa shape index (κ2) is 9.80. The van der Waals surface area contributed by atoms with E-state index >= 15 is 0 Å². The normalized spacial score (nSPS) is 10.3. The number of aryl methyl sites for hydroxylation is 1. The first-order chi connectivity index (χ1) is 14.0. The lowest BCUT2D eigenvalue weighted by Gasteiger charge is -2.09. The molecule has 0 aliphatic heterocycles. The molecule has 0 saturated carbocycles. The van der Waals surface area contributed by atoms with E-state index in [1.165, 1.54) is 11.8 Å². The molecular weight excluding hydrogens is 384 g/mol. The summed E-state index contributed by atoms with van der Waals surface area (Å²) in [6, 6.07) is 22.0. The zero-order valence-electron chi connectivity index (χ0n) is 16.3. The first-order valence-corrected chi connectivity index (χ1v) is 10.1. The Morgan fingerprint density at radius 3 is 2.28 bits per heavy atom. The Morgan fingerprint density at radius 2 is 1.59 bits per heavy atom. The van der Waals surface area contributed by atoms with E-state index in [9.17, 15) is 9.59 Å². The highest BCUT2D eigenvalue weighted by Crippen LogP contribution is 2.23. The fourth-order valence-corrected chi connectivity index (χ4v) is 3.43. The molecule has 0 atom stereocenters. The van der Waals surface area contributed by atoms with Crippen molar-refractivity contribution in [2.24, 2.45) is 0 Å². The van der Waals surface area contributed by atoms with Crippen molar-refractivity contribution in [1.29, 1.82) is 0 Å². The number of benzene rings is 3. The van der Waals surface area contributed by atoms with Gasteiger partial charge in [-0.1, -0.05) is 18.2 Å². The van der Waals surface area contributed by atoms with Gasteiger partial charge < -0.3 is 15.4 Å². The molecule has 2 N–H and O–H groups in total. The zero-order chi connectivity index (χ0) is 20.6. The van der Waals surface area contributed by atoms with Crippen LogP contribution in [0.5, 0.6) is 5.75 Å². The number of ether oxygens (including phenoxy) is 1. The van der Waals surface area contributed by atoms with Crippen LogP contribution in [0.4, 0.5) is 11.4 Å². The van der Waals surface area contributed by atoms with Gasteiger partial charge in [-0.05, 0) is 67.1 Å². The lowest BCUT2D eigenvalue weighted by Crippen LogP contribution is -2.14. The van der Waals surface area contributed by atoms with E-state index in [-0.39, 0.29) is 17.6 Å². The Kier molecular flexibility index (Phi) is 6.92. The molecule has 0 bridgehead atoms. The first-order valence-electron chi connectivity index (χ1n) is 9.08. The molecule has 0 aliphatic rings. The third-order valence-electron chi connectivity index (χ3n) is 4.12. The van der Waals surface area contributed by atoms with Crippen LogP contribution in [0.1, 0.15) is 15.9 Å². The molecule has 29 heavy (non-hydrogen) atoms. The van der Waals surface area contributed by atoms with Crippen molar-refractivity contribution in [3.05, 3.63) is 83.9 Å². The average Bonchev–Trinajstić information content (AvgIpc) is 2.72. The minimum Gasteiger partial charge on any atom is -0.497 e. The fraction of sp³-hybridized carbons (Fsp3) is 0.130. The summed E-state index contributed by atoms with van der Waals surface area (Å²) >= 11 is 1.41. The number of amides is 2. The topological polar surface area (TPSA) is 67.4 Å². The van der Waals surface area contributed by atoms with Crippen molar-refractivity contribution < 1.29 is 14.3 Å². The largest absolute Gasteiger partial charge is 0.497 e. The maximum atomic E-state index is 12.4. The van der Waals surface area contributed by atoms with Crippen LogP contribution < -0.4 is 15.4 Å². The number of carbonyl (C=O) groups excluding carboxylic acids is 2. The molecule has 3 aromatic carbocycles. The molecule has 0 aromatic heterocycles. The van der Waals surface area contributed by atoms with Crippen LogP contribution >= 0.6 is 11.8 Å². The lowest BCUT2D eigenvalue weighted by molar-refractivity contribution is -0.113. The molecule has 0 aliphatic carbocycles.